The minimum absolute atomic E-state index is 0.186. The van der Waals surface area contributed by atoms with Crippen LogP contribution in [0.3, 0.4) is 0 Å². The zero-order valence-electron chi connectivity index (χ0n) is 22.9. The van der Waals surface area contributed by atoms with Crippen LogP contribution < -0.4 is 19.8 Å². The van der Waals surface area contributed by atoms with E-state index in [2.05, 4.69) is 19.8 Å². The maximum atomic E-state index is 14.0. The van der Waals surface area contributed by atoms with Crippen molar-refractivity contribution >= 4 is 50.5 Å². The van der Waals surface area contributed by atoms with E-state index >= 15 is 0 Å². The van der Waals surface area contributed by atoms with Crippen molar-refractivity contribution in [3.05, 3.63) is 46.6 Å². The summed E-state index contributed by atoms with van der Waals surface area (Å²) in [5.41, 5.74) is 1.76. The van der Waals surface area contributed by atoms with E-state index < -0.39 is 16.7 Å². The highest BCUT2D eigenvalue weighted by Crippen LogP contribution is 2.35. The molecular formula is C27H34ClFN8O3S. The number of nitrogens with one attached hydrogen (secondary N) is 2. The van der Waals surface area contributed by atoms with Gasteiger partial charge in [-0.3, -0.25) is 9.52 Å². The summed E-state index contributed by atoms with van der Waals surface area (Å²) in [4.78, 5) is 25.0. The molecule has 0 spiro atoms. The van der Waals surface area contributed by atoms with E-state index in [1.165, 1.54) is 12.1 Å². The normalized spacial score (nSPS) is 21.7. The molecule has 3 fully saturated rings. The molecule has 1 amide bonds. The molecule has 0 saturated carbocycles. The molecule has 5 heterocycles. The van der Waals surface area contributed by atoms with Crippen molar-refractivity contribution in [1.29, 1.82) is 0 Å². The maximum absolute atomic E-state index is 14.0. The summed E-state index contributed by atoms with van der Waals surface area (Å²) >= 11 is 6.24. The van der Waals surface area contributed by atoms with Gasteiger partial charge in [0.2, 0.25) is 10.0 Å². The molecule has 2 aromatic heterocycles. The second-order valence-electron chi connectivity index (χ2n) is 11.0. The largest absolute Gasteiger partial charge is 0.356 e. The molecule has 3 aliphatic heterocycles. The lowest BCUT2D eigenvalue weighted by Crippen LogP contribution is -2.52. The van der Waals surface area contributed by atoms with Gasteiger partial charge in [0.25, 0.3) is 5.91 Å². The van der Waals surface area contributed by atoms with Crippen molar-refractivity contribution in [2.45, 2.75) is 37.8 Å². The maximum Gasteiger partial charge on any atom is 0.256 e. The third-order valence-corrected chi connectivity index (χ3v) is 8.80. The zero-order chi connectivity index (χ0) is 28.7. The van der Waals surface area contributed by atoms with E-state index in [4.69, 9.17) is 21.7 Å². The predicted octanol–water partition coefficient (Wildman–Crippen LogP) is 3.08. The van der Waals surface area contributed by atoms with Gasteiger partial charge in [0.15, 0.2) is 5.65 Å². The molecule has 3 saturated heterocycles. The average molecular weight is 605 g/mol. The number of piperidine rings is 1. The van der Waals surface area contributed by atoms with E-state index in [0.29, 0.717) is 49.0 Å². The second-order valence-corrected chi connectivity index (χ2v) is 13.2. The minimum Gasteiger partial charge on any atom is -0.356 e. The summed E-state index contributed by atoms with van der Waals surface area (Å²) in [5.74, 6) is 1.40. The lowest BCUT2D eigenvalue weighted by atomic mass is 9.98. The quantitative estimate of drug-likeness (QED) is 0.423. The Kier molecular flexibility index (Phi) is 7.68. The van der Waals surface area contributed by atoms with Gasteiger partial charge in [-0.05, 0) is 43.9 Å². The van der Waals surface area contributed by atoms with Crippen molar-refractivity contribution in [3.8, 4) is 0 Å². The Hall–Kier alpha value is -3.16. The van der Waals surface area contributed by atoms with Crippen LogP contribution in [0.25, 0.3) is 5.65 Å². The topological polar surface area (TPSA) is 115 Å². The highest BCUT2D eigenvalue weighted by Gasteiger charge is 2.33. The summed E-state index contributed by atoms with van der Waals surface area (Å²) in [7, 11) is -3.61. The molecule has 6 rings (SSSR count). The Labute approximate surface area is 243 Å². The van der Waals surface area contributed by atoms with Crippen LogP contribution in [0.5, 0.6) is 0 Å². The lowest BCUT2D eigenvalue weighted by Gasteiger charge is -2.36. The number of likely N-dealkylation sites (tertiary alicyclic amines) is 1. The molecule has 41 heavy (non-hydrogen) atoms. The number of benzene rings is 1. The lowest BCUT2D eigenvalue weighted by molar-refractivity contribution is 0.0607. The number of anilines is 3. The van der Waals surface area contributed by atoms with Crippen molar-refractivity contribution in [2.24, 2.45) is 0 Å². The number of alkyl halides is 1. The van der Waals surface area contributed by atoms with Gasteiger partial charge in [-0.2, -0.15) is 9.61 Å². The SMILES string of the molecule is CS(=O)(=O)Nc1ccc(Cl)cc1C(=O)N1CCCC[C@H]1c1cc2nc(N3CCC3)cc(N3CCN[C@@H](CF)C3)n2n1. The third-order valence-electron chi connectivity index (χ3n) is 7.97. The summed E-state index contributed by atoms with van der Waals surface area (Å²) < 4.78 is 41.9. The number of piperazine rings is 1. The van der Waals surface area contributed by atoms with Crippen LogP contribution in [0.2, 0.25) is 5.02 Å². The number of aromatic nitrogens is 3. The van der Waals surface area contributed by atoms with E-state index in [-0.39, 0.29) is 29.2 Å². The number of fused-ring (bicyclic) bond motifs is 1. The Morgan fingerprint density at radius 2 is 1.95 bits per heavy atom. The number of amides is 1. The Morgan fingerprint density at radius 1 is 1.12 bits per heavy atom. The molecule has 0 radical (unpaired) electrons. The number of halogens is 2. The molecule has 0 aliphatic carbocycles. The number of hydrogen-bond donors (Lipinski definition) is 2. The van der Waals surface area contributed by atoms with Crippen molar-refractivity contribution in [3.63, 3.8) is 0 Å². The molecule has 1 aromatic carbocycles. The number of nitrogens with zero attached hydrogens (tertiary/aromatic N) is 6. The fourth-order valence-electron chi connectivity index (χ4n) is 5.81. The molecule has 3 aromatic rings. The fraction of sp³-hybridized carbons (Fsp3) is 0.519. The molecule has 0 unspecified atom stereocenters. The number of carbonyl (C=O) groups excluding carboxylic acids is 1. The van der Waals surface area contributed by atoms with Crippen molar-refractivity contribution in [1.82, 2.24) is 24.8 Å². The number of hydrogen-bond acceptors (Lipinski definition) is 8. The van der Waals surface area contributed by atoms with Crippen molar-refractivity contribution in [2.75, 3.05) is 66.7 Å². The Morgan fingerprint density at radius 3 is 2.68 bits per heavy atom. The van der Waals surface area contributed by atoms with Gasteiger partial charge in [0.05, 0.1) is 35.3 Å². The molecule has 2 atom stereocenters. The van der Waals surface area contributed by atoms with Crippen LogP contribution in [-0.4, -0.2) is 92.1 Å². The van der Waals surface area contributed by atoms with E-state index in [1.807, 2.05) is 16.6 Å². The standard InChI is InChI=1S/C27H34ClFN8O3S/c1-41(39,40)33-21-7-6-18(28)13-20(21)27(38)36-11-3-2-5-23(36)22-14-25-31-24(34-9-4-10-34)15-26(37(25)32-22)35-12-8-30-19(16-29)17-35/h6-7,13-15,19,23,30,33H,2-5,8-12,16-17H2,1H3/t19-,23-/m0/s1. The van der Waals surface area contributed by atoms with E-state index in [0.717, 1.165) is 50.2 Å². The zero-order valence-corrected chi connectivity index (χ0v) is 24.5. The molecule has 14 heteroatoms. The first-order valence-corrected chi connectivity index (χ1v) is 16.3. The summed E-state index contributed by atoms with van der Waals surface area (Å²) in [6.45, 7) is 3.82. The van der Waals surface area contributed by atoms with Crippen LogP contribution >= 0.6 is 11.6 Å². The second kappa shape index (κ2) is 11.3. The first-order chi connectivity index (χ1) is 19.7. The number of sulfonamides is 1. The molecule has 3 aliphatic rings. The number of carbonyl (C=O) groups is 1. The van der Waals surface area contributed by atoms with Gasteiger partial charge >= 0.3 is 0 Å². The molecule has 11 nitrogen and oxygen atoms in total. The van der Waals surface area contributed by atoms with E-state index in [1.54, 1.807) is 11.0 Å². The highest BCUT2D eigenvalue weighted by atomic mass is 35.5. The third kappa shape index (κ3) is 5.80. The molecule has 2 N–H and O–H groups in total. The van der Waals surface area contributed by atoms with Gasteiger partial charge in [-0.1, -0.05) is 11.6 Å². The van der Waals surface area contributed by atoms with Gasteiger partial charge < -0.3 is 20.0 Å². The smallest absolute Gasteiger partial charge is 0.256 e. The first-order valence-electron chi connectivity index (χ1n) is 14.0. The first kappa shape index (κ1) is 28.0. The van der Waals surface area contributed by atoms with Crippen LogP contribution in [0, 0.1) is 0 Å². The van der Waals surface area contributed by atoms with Crippen LogP contribution in [0.4, 0.5) is 21.7 Å². The Balaban J connectivity index is 1.38. The monoisotopic (exact) mass is 604 g/mol. The minimum atomic E-state index is -3.61. The molecular weight excluding hydrogens is 571 g/mol. The van der Waals surface area contributed by atoms with Gasteiger partial charge in [0, 0.05) is 56.4 Å². The summed E-state index contributed by atoms with van der Waals surface area (Å²) in [6, 6.07) is 7.93. The average Bonchev–Trinajstić information content (AvgIpc) is 3.36. The summed E-state index contributed by atoms with van der Waals surface area (Å²) in [5, 5.41) is 8.54. The van der Waals surface area contributed by atoms with Crippen LogP contribution in [0.1, 0.15) is 47.8 Å². The van der Waals surface area contributed by atoms with Gasteiger partial charge in [-0.15, -0.1) is 0 Å². The van der Waals surface area contributed by atoms with Gasteiger partial charge in [0.1, 0.15) is 18.3 Å². The Bertz CT molecular complexity index is 1560. The highest BCUT2D eigenvalue weighted by molar-refractivity contribution is 7.92. The van der Waals surface area contributed by atoms with Crippen LogP contribution in [0.15, 0.2) is 30.3 Å². The van der Waals surface area contributed by atoms with Crippen LogP contribution in [-0.2, 0) is 10.0 Å². The molecule has 220 valence electrons. The summed E-state index contributed by atoms with van der Waals surface area (Å²) in [6.07, 6.45) is 4.60. The van der Waals surface area contributed by atoms with Gasteiger partial charge in [-0.25, -0.2) is 17.8 Å². The predicted molar refractivity (Wildman–Crippen MR) is 157 cm³/mol. The molecule has 0 bridgehead atoms. The van der Waals surface area contributed by atoms with Crippen molar-refractivity contribution < 1.29 is 17.6 Å². The van der Waals surface area contributed by atoms with E-state index in [9.17, 15) is 17.6 Å². The number of rotatable bonds is 7. The fourth-order valence-corrected chi connectivity index (χ4v) is 6.56.